The smallest absolute Gasteiger partial charge is 0.301 e. The normalized spacial score (nSPS) is 18.3. The molecule has 47 heavy (non-hydrogen) atoms. The highest BCUT2D eigenvalue weighted by Crippen LogP contribution is 2.45. The minimum Gasteiger partial charge on any atom is -0.507 e. The van der Waals surface area contributed by atoms with Gasteiger partial charge in [0.05, 0.1) is 11.6 Å². The summed E-state index contributed by atoms with van der Waals surface area (Å²) in [5, 5.41) is 21.3. The lowest BCUT2D eigenvalue weighted by atomic mass is 9.94. The number of amides is 1. The second kappa shape index (κ2) is 13.2. The van der Waals surface area contributed by atoms with Gasteiger partial charge in [-0.3, -0.25) is 14.5 Å². The van der Waals surface area contributed by atoms with Crippen molar-refractivity contribution >= 4 is 57.3 Å². The summed E-state index contributed by atoms with van der Waals surface area (Å²) in [6.07, 6.45) is 0.683. The number of ether oxygens (including phenoxy) is 2. The van der Waals surface area contributed by atoms with Gasteiger partial charge in [0.15, 0.2) is 4.34 Å². The Balaban J connectivity index is 1.26. The number of aliphatic hydroxyl groups is 1. The molecule has 1 saturated heterocycles. The first-order chi connectivity index (χ1) is 22.9. The maximum atomic E-state index is 13.8. The monoisotopic (exact) mass is 681 g/mol. The number of Topliss-reactive ketones (excluding diaryl/α,β-unsaturated/α-hetero) is 1. The number of fused-ring (bicyclic) bond motifs is 1. The minimum atomic E-state index is -0.979. The molecule has 0 spiro atoms. The second-order valence-electron chi connectivity index (χ2n) is 11.2. The largest absolute Gasteiger partial charge is 0.507 e. The van der Waals surface area contributed by atoms with Crippen LogP contribution in [0.25, 0.3) is 5.76 Å². The maximum absolute atomic E-state index is 13.8. The second-order valence-corrected chi connectivity index (χ2v) is 13.8. The van der Waals surface area contributed by atoms with E-state index in [0.717, 1.165) is 22.4 Å². The lowest BCUT2D eigenvalue weighted by molar-refractivity contribution is -0.132. The Labute approximate surface area is 284 Å². The third-order valence-corrected chi connectivity index (χ3v) is 10.4. The number of aliphatic hydroxyl groups excluding tert-OH is 1. The fourth-order valence-corrected chi connectivity index (χ4v) is 7.85. The van der Waals surface area contributed by atoms with Crippen LogP contribution in [-0.2, 0) is 28.4 Å². The summed E-state index contributed by atoms with van der Waals surface area (Å²) in [5.74, 6) is -0.0406. The molecule has 1 fully saturated rings. The standard InChI is InChI=1S/C36H28ClN3O5S2/c1-21-16-26-17-24(14-15-29(26)45-21)32(41)30-31(23-11-7-12-27(18-23)44-19-22-8-3-2-4-9-22)40(34(43)33(30)42)35-38-39-36(47-35)46-20-25-10-5-6-13-28(25)37/h2-15,17-18,21,31,41H,16,19-20H2,1H3/t21-,31-/m0/s1. The Kier molecular flexibility index (Phi) is 8.72. The number of carbonyl (C=O) groups is 2. The first kappa shape index (κ1) is 31.0. The molecule has 1 aromatic heterocycles. The molecule has 0 saturated carbocycles. The molecule has 0 aliphatic carbocycles. The molecular weight excluding hydrogens is 654 g/mol. The Morgan fingerprint density at radius 2 is 1.83 bits per heavy atom. The van der Waals surface area contributed by atoms with Crippen LogP contribution in [0.5, 0.6) is 11.5 Å². The predicted octanol–water partition coefficient (Wildman–Crippen LogP) is 8.01. The van der Waals surface area contributed by atoms with Crippen LogP contribution in [0.3, 0.4) is 0 Å². The van der Waals surface area contributed by atoms with Crippen LogP contribution in [0.15, 0.2) is 107 Å². The van der Waals surface area contributed by atoms with Gasteiger partial charge in [0, 0.05) is 22.8 Å². The molecule has 3 heterocycles. The minimum absolute atomic E-state index is 0.00832. The molecule has 11 heteroatoms. The van der Waals surface area contributed by atoms with Crippen molar-refractivity contribution in [1.82, 2.24) is 10.2 Å². The summed E-state index contributed by atoms with van der Waals surface area (Å²) < 4.78 is 12.5. The highest BCUT2D eigenvalue weighted by Gasteiger charge is 2.48. The van der Waals surface area contributed by atoms with E-state index >= 15 is 0 Å². The zero-order valence-corrected chi connectivity index (χ0v) is 27.5. The molecule has 0 radical (unpaired) electrons. The van der Waals surface area contributed by atoms with E-state index in [2.05, 4.69) is 10.2 Å². The van der Waals surface area contributed by atoms with E-state index in [1.807, 2.05) is 73.7 Å². The van der Waals surface area contributed by atoms with Crippen molar-refractivity contribution < 1.29 is 24.2 Å². The van der Waals surface area contributed by atoms with Crippen LogP contribution in [0.1, 0.15) is 40.8 Å². The number of thioether (sulfide) groups is 1. The van der Waals surface area contributed by atoms with Crippen molar-refractivity contribution in [1.29, 1.82) is 0 Å². The summed E-state index contributed by atoms with van der Waals surface area (Å²) in [6, 6.07) is 28.8. The quantitative estimate of drug-likeness (QED) is 0.0549. The average Bonchev–Trinajstić information content (AvgIpc) is 3.78. The van der Waals surface area contributed by atoms with Crippen molar-refractivity contribution in [2.45, 2.75) is 42.2 Å². The van der Waals surface area contributed by atoms with Crippen LogP contribution in [-0.4, -0.2) is 33.1 Å². The van der Waals surface area contributed by atoms with Gasteiger partial charge in [-0.05, 0) is 65.6 Å². The van der Waals surface area contributed by atoms with Crippen molar-refractivity contribution in [3.05, 3.63) is 135 Å². The van der Waals surface area contributed by atoms with Crippen LogP contribution in [0.2, 0.25) is 5.02 Å². The number of anilines is 1. The number of aromatic nitrogens is 2. The highest BCUT2D eigenvalue weighted by atomic mass is 35.5. The van der Waals surface area contributed by atoms with Gasteiger partial charge in [0.25, 0.3) is 5.78 Å². The Hall–Kier alpha value is -4.64. The van der Waals surface area contributed by atoms with Crippen LogP contribution in [0.4, 0.5) is 5.13 Å². The number of benzene rings is 4. The third kappa shape index (κ3) is 6.36. The molecule has 1 N–H and O–H groups in total. The number of nitrogens with zero attached hydrogens (tertiary/aromatic N) is 3. The van der Waals surface area contributed by atoms with Crippen LogP contribution in [0, 0.1) is 0 Å². The molecule has 2 aliphatic rings. The van der Waals surface area contributed by atoms with E-state index in [1.165, 1.54) is 28.0 Å². The van der Waals surface area contributed by atoms with E-state index in [1.54, 1.807) is 30.3 Å². The molecular formula is C36H28ClN3O5S2. The Morgan fingerprint density at radius 1 is 1.02 bits per heavy atom. The summed E-state index contributed by atoms with van der Waals surface area (Å²) in [5.41, 5.74) is 3.83. The zero-order valence-electron chi connectivity index (χ0n) is 25.1. The molecule has 2 atom stereocenters. The lowest BCUT2D eigenvalue weighted by Gasteiger charge is -2.23. The molecule has 4 aromatic carbocycles. The molecule has 5 aromatic rings. The molecule has 236 valence electrons. The predicted molar refractivity (Wildman–Crippen MR) is 183 cm³/mol. The summed E-state index contributed by atoms with van der Waals surface area (Å²) in [7, 11) is 0. The molecule has 8 nitrogen and oxygen atoms in total. The third-order valence-electron chi connectivity index (χ3n) is 7.95. The molecule has 0 bridgehead atoms. The van der Waals surface area contributed by atoms with Gasteiger partial charge in [0.1, 0.15) is 30.0 Å². The number of carbonyl (C=O) groups excluding carboxylic acids is 2. The fraction of sp³-hybridized carbons (Fsp3) is 0.167. The van der Waals surface area contributed by atoms with Crippen molar-refractivity contribution in [2.24, 2.45) is 0 Å². The van der Waals surface area contributed by atoms with Crippen molar-refractivity contribution in [3.8, 4) is 11.5 Å². The topological polar surface area (TPSA) is 102 Å². The van der Waals surface area contributed by atoms with Gasteiger partial charge in [-0.2, -0.15) is 0 Å². The van der Waals surface area contributed by atoms with E-state index in [-0.39, 0.29) is 22.6 Å². The number of hydrogen-bond donors (Lipinski definition) is 1. The summed E-state index contributed by atoms with van der Waals surface area (Å²) >= 11 is 8.97. The van der Waals surface area contributed by atoms with Crippen molar-refractivity contribution in [2.75, 3.05) is 4.90 Å². The number of halogens is 1. The Bertz CT molecular complexity index is 2010. The number of rotatable bonds is 9. The molecule has 2 aliphatic heterocycles. The van der Waals surface area contributed by atoms with Gasteiger partial charge in [-0.1, -0.05) is 95.4 Å². The maximum Gasteiger partial charge on any atom is 0.301 e. The molecule has 0 unspecified atom stereocenters. The number of hydrogen-bond acceptors (Lipinski definition) is 9. The number of ketones is 1. The highest BCUT2D eigenvalue weighted by molar-refractivity contribution is 8.00. The van der Waals surface area contributed by atoms with E-state index in [0.29, 0.717) is 45.0 Å². The molecule has 7 rings (SSSR count). The van der Waals surface area contributed by atoms with E-state index in [4.69, 9.17) is 21.1 Å². The van der Waals surface area contributed by atoms with E-state index < -0.39 is 17.7 Å². The molecule has 1 amide bonds. The first-order valence-corrected chi connectivity index (χ1v) is 17.1. The first-order valence-electron chi connectivity index (χ1n) is 14.9. The lowest BCUT2D eigenvalue weighted by Crippen LogP contribution is -2.29. The van der Waals surface area contributed by atoms with Gasteiger partial charge in [-0.15, -0.1) is 10.2 Å². The fourth-order valence-electron chi connectivity index (χ4n) is 5.70. The van der Waals surface area contributed by atoms with Crippen LogP contribution < -0.4 is 14.4 Å². The van der Waals surface area contributed by atoms with Gasteiger partial charge in [0.2, 0.25) is 5.13 Å². The van der Waals surface area contributed by atoms with E-state index in [9.17, 15) is 14.7 Å². The average molecular weight is 682 g/mol. The summed E-state index contributed by atoms with van der Waals surface area (Å²) in [6.45, 7) is 2.31. The summed E-state index contributed by atoms with van der Waals surface area (Å²) in [4.78, 5) is 28.9. The van der Waals surface area contributed by atoms with Gasteiger partial charge < -0.3 is 14.6 Å². The Morgan fingerprint density at radius 3 is 2.66 bits per heavy atom. The van der Waals surface area contributed by atoms with Gasteiger partial charge >= 0.3 is 5.91 Å². The van der Waals surface area contributed by atoms with Crippen molar-refractivity contribution in [3.63, 3.8) is 0 Å². The SMILES string of the molecule is C[C@H]1Cc2cc(C(O)=C3C(=O)C(=O)N(c4nnc(SCc5ccccc5Cl)s4)[C@H]3c3cccc(OCc4ccccc4)c3)ccc2O1. The zero-order chi connectivity index (χ0) is 32.5. The van der Waals surface area contributed by atoms with Gasteiger partial charge in [-0.25, -0.2) is 0 Å². The van der Waals surface area contributed by atoms with Crippen LogP contribution >= 0.6 is 34.7 Å².